The molecule has 1 aromatic heterocycles. The molecule has 0 aliphatic carbocycles. The standard InChI is InChI=1S/C16H10ClN3O3/c17-12-2-1-11(8-15(12)20(22)23)13-9-16(21)14(19-13)7-10-3-5-18-6-4-10/h1-8H,9H2. The minimum Gasteiger partial charge on any atom is -0.292 e. The number of Topliss-reactive ketones (excluding diaryl/α,β-unsaturated/α-hetero) is 1. The van der Waals surface area contributed by atoms with Gasteiger partial charge in [0.15, 0.2) is 5.78 Å². The number of allylic oxidation sites excluding steroid dienone is 1. The van der Waals surface area contributed by atoms with E-state index < -0.39 is 4.92 Å². The van der Waals surface area contributed by atoms with Gasteiger partial charge in [-0.25, -0.2) is 4.99 Å². The van der Waals surface area contributed by atoms with Crippen LogP contribution < -0.4 is 0 Å². The van der Waals surface area contributed by atoms with E-state index in [0.29, 0.717) is 17.0 Å². The normalized spacial score (nSPS) is 15.8. The first kappa shape index (κ1) is 15.1. The molecule has 1 aliphatic heterocycles. The fraction of sp³-hybridized carbons (Fsp3) is 0.0625. The molecule has 114 valence electrons. The van der Waals surface area contributed by atoms with E-state index in [4.69, 9.17) is 11.6 Å². The van der Waals surface area contributed by atoms with Gasteiger partial charge in [-0.3, -0.25) is 19.9 Å². The Hall–Kier alpha value is -2.86. The highest BCUT2D eigenvalue weighted by atomic mass is 35.5. The van der Waals surface area contributed by atoms with E-state index in [1.165, 1.54) is 12.1 Å². The fourth-order valence-electron chi connectivity index (χ4n) is 2.22. The number of carbonyl (C=O) groups excluding carboxylic acids is 1. The Balaban J connectivity index is 1.97. The van der Waals surface area contributed by atoms with Crippen LogP contribution in [0.15, 0.2) is 53.4 Å². The fourth-order valence-corrected chi connectivity index (χ4v) is 2.41. The third kappa shape index (κ3) is 3.17. The van der Waals surface area contributed by atoms with Crippen LogP contribution in [0.4, 0.5) is 5.69 Å². The quantitative estimate of drug-likeness (QED) is 0.491. The van der Waals surface area contributed by atoms with Gasteiger partial charge in [-0.2, -0.15) is 0 Å². The average Bonchev–Trinajstić information content (AvgIpc) is 2.89. The summed E-state index contributed by atoms with van der Waals surface area (Å²) in [6, 6.07) is 7.93. The lowest BCUT2D eigenvalue weighted by Crippen LogP contribution is -2.02. The number of pyridine rings is 1. The first-order valence-corrected chi connectivity index (χ1v) is 7.09. The van der Waals surface area contributed by atoms with E-state index in [2.05, 4.69) is 9.98 Å². The van der Waals surface area contributed by atoms with Gasteiger partial charge in [0.05, 0.1) is 17.1 Å². The Bertz CT molecular complexity index is 860. The first-order chi connectivity index (χ1) is 11.0. The number of carbonyl (C=O) groups is 1. The van der Waals surface area contributed by atoms with Crippen molar-refractivity contribution in [1.82, 2.24) is 4.98 Å². The van der Waals surface area contributed by atoms with Crippen molar-refractivity contribution in [3.8, 4) is 0 Å². The summed E-state index contributed by atoms with van der Waals surface area (Å²) in [6.45, 7) is 0. The second-order valence-corrected chi connectivity index (χ2v) is 5.30. The highest BCUT2D eigenvalue weighted by Gasteiger charge is 2.24. The molecule has 0 saturated carbocycles. The predicted octanol–water partition coefficient (Wildman–Crippen LogP) is 3.45. The van der Waals surface area contributed by atoms with Crippen molar-refractivity contribution in [3.05, 3.63) is 74.7 Å². The number of hydrogen-bond donors (Lipinski definition) is 0. The van der Waals surface area contributed by atoms with Gasteiger partial charge in [0.2, 0.25) is 0 Å². The molecule has 1 aliphatic rings. The molecular weight excluding hydrogens is 318 g/mol. The molecule has 6 nitrogen and oxygen atoms in total. The van der Waals surface area contributed by atoms with Crippen LogP contribution in [0.1, 0.15) is 17.5 Å². The highest BCUT2D eigenvalue weighted by molar-refractivity contribution is 6.33. The predicted molar refractivity (Wildman–Crippen MR) is 86.5 cm³/mol. The summed E-state index contributed by atoms with van der Waals surface area (Å²) in [7, 11) is 0. The summed E-state index contributed by atoms with van der Waals surface area (Å²) in [4.78, 5) is 30.7. The molecule has 0 spiro atoms. The lowest BCUT2D eigenvalue weighted by atomic mass is 10.1. The molecule has 0 N–H and O–H groups in total. The van der Waals surface area contributed by atoms with E-state index in [1.54, 1.807) is 36.7 Å². The molecular formula is C16H10ClN3O3. The van der Waals surface area contributed by atoms with Crippen molar-refractivity contribution in [3.63, 3.8) is 0 Å². The van der Waals surface area contributed by atoms with Crippen molar-refractivity contribution in [2.45, 2.75) is 6.42 Å². The number of hydrogen-bond acceptors (Lipinski definition) is 5. The number of halogens is 1. The van der Waals surface area contributed by atoms with Crippen molar-refractivity contribution in [2.24, 2.45) is 4.99 Å². The Kier molecular flexibility index (Phi) is 3.99. The van der Waals surface area contributed by atoms with Crippen LogP contribution >= 0.6 is 11.6 Å². The van der Waals surface area contributed by atoms with E-state index in [-0.39, 0.29) is 22.9 Å². The molecule has 7 heteroatoms. The van der Waals surface area contributed by atoms with Crippen LogP contribution in [0, 0.1) is 10.1 Å². The summed E-state index contributed by atoms with van der Waals surface area (Å²) in [6.07, 6.45) is 5.02. The van der Waals surface area contributed by atoms with Crippen LogP contribution in [-0.4, -0.2) is 21.4 Å². The molecule has 0 bridgehead atoms. The van der Waals surface area contributed by atoms with Crippen molar-refractivity contribution >= 4 is 34.9 Å². The molecule has 1 aromatic carbocycles. The van der Waals surface area contributed by atoms with E-state index >= 15 is 0 Å². The zero-order valence-corrected chi connectivity index (χ0v) is 12.5. The van der Waals surface area contributed by atoms with Gasteiger partial charge in [-0.1, -0.05) is 17.7 Å². The number of aliphatic imine (C=N–C) groups is 1. The molecule has 3 rings (SSSR count). The third-order valence-corrected chi connectivity index (χ3v) is 3.67. The average molecular weight is 328 g/mol. The molecule has 0 amide bonds. The molecule has 0 atom stereocenters. The maximum Gasteiger partial charge on any atom is 0.288 e. The monoisotopic (exact) mass is 327 g/mol. The number of nitro benzene ring substituents is 1. The van der Waals surface area contributed by atoms with Crippen LogP contribution in [-0.2, 0) is 4.79 Å². The van der Waals surface area contributed by atoms with Gasteiger partial charge in [0, 0.05) is 24.0 Å². The maximum atomic E-state index is 12.1. The lowest BCUT2D eigenvalue weighted by molar-refractivity contribution is -0.384. The van der Waals surface area contributed by atoms with Gasteiger partial charge in [0.25, 0.3) is 5.69 Å². The van der Waals surface area contributed by atoms with Gasteiger partial charge in [-0.05, 0) is 29.8 Å². The summed E-state index contributed by atoms with van der Waals surface area (Å²) in [5, 5.41) is 11.0. The van der Waals surface area contributed by atoms with Crippen LogP contribution in [0.5, 0.6) is 0 Å². The Morgan fingerprint density at radius 1 is 1.22 bits per heavy atom. The summed E-state index contributed by atoms with van der Waals surface area (Å²) >= 11 is 5.80. The SMILES string of the molecule is O=C1CC(c2ccc(Cl)c([N+](=O)[O-])c2)=NC1=Cc1ccncc1. The zero-order chi connectivity index (χ0) is 16.4. The number of nitrogens with zero attached hydrogens (tertiary/aromatic N) is 3. The summed E-state index contributed by atoms with van der Waals surface area (Å²) in [5.41, 5.74) is 1.95. The zero-order valence-electron chi connectivity index (χ0n) is 11.8. The third-order valence-electron chi connectivity index (χ3n) is 3.35. The van der Waals surface area contributed by atoms with Crippen molar-refractivity contribution in [1.29, 1.82) is 0 Å². The number of nitro groups is 1. The molecule has 23 heavy (non-hydrogen) atoms. The smallest absolute Gasteiger partial charge is 0.288 e. The van der Waals surface area contributed by atoms with Crippen molar-refractivity contribution in [2.75, 3.05) is 0 Å². The van der Waals surface area contributed by atoms with E-state index in [9.17, 15) is 14.9 Å². The van der Waals surface area contributed by atoms with Crippen LogP contribution in [0.25, 0.3) is 6.08 Å². The number of ketones is 1. The molecule has 0 fully saturated rings. The molecule has 0 saturated heterocycles. The summed E-state index contributed by atoms with van der Waals surface area (Å²) in [5.74, 6) is -0.130. The number of aromatic nitrogens is 1. The van der Waals surface area contributed by atoms with Crippen molar-refractivity contribution < 1.29 is 9.72 Å². The lowest BCUT2D eigenvalue weighted by Gasteiger charge is -2.00. The molecule has 2 aromatic rings. The Labute approximate surface area is 136 Å². The van der Waals surface area contributed by atoms with Crippen LogP contribution in [0.3, 0.4) is 0 Å². The minimum absolute atomic E-state index is 0.0521. The number of benzene rings is 1. The van der Waals surface area contributed by atoms with E-state index in [1.807, 2.05) is 0 Å². The second-order valence-electron chi connectivity index (χ2n) is 4.89. The van der Waals surface area contributed by atoms with E-state index in [0.717, 1.165) is 5.56 Å². The molecule has 0 radical (unpaired) electrons. The Morgan fingerprint density at radius 3 is 2.65 bits per heavy atom. The maximum absolute atomic E-state index is 12.1. The minimum atomic E-state index is -0.559. The molecule has 2 heterocycles. The second kappa shape index (κ2) is 6.10. The largest absolute Gasteiger partial charge is 0.292 e. The highest BCUT2D eigenvalue weighted by Crippen LogP contribution is 2.28. The van der Waals surface area contributed by atoms with Gasteiger partial charge in [-0.15, -0.1) is 0 Å². The van der Waals surface area contributed by atoms with Gasteiger partial charge >= 0.3 is 0 Å². The van der Waals surface area contributed by atoms with Crippen LogP contribution in [0.2, 0.25) is 5.02 Å². The summed E-state index contributed by atoms with van der Waals surface area (Å²) < 4.78 is 0. The molecule has 0 unspecified atom stereocenters. The van der Waals surface area contributed by atoms with Gasteiger partial charge < -0.3 is 0 Å². The topological polar surface area (TPSA) is 85.5 Å². The van der Waals surface area contributed by atoms with Gasteiger partial charge in [0.1, 0.15) is 10.7 Å². The first-order valence-electron chi connectivity index (χ1n) is 6.71. The number of rotatable bonds is 3. The Morgan fingerprint density at radius 2 is 1.96 bits per heavy atom.